The molecule has 0 heterocycles. The summed E-state index contributed by atoms with van der Waals surface area (Å²) in [4.78, 5) is 54.9. The van der Waals surface area contributed by atoms with Gasteiger partial charge in [0.25, 0.3) is 0 Å². The maximum atomic E-state index is 12.1. The molecule has 0 aromatic carbocycles. The summed E-state index contributed by atoms with van der Waals surface area (Å²) < 4.78 is 26.0. The molecule has 0 spiro atoms. The highest BCUT2D eigenvalue weighted by Crippen LogP contribution is 2.49. The smallest absolute Gasteiger partial charge is 0.473 e. The normalized spacial score (nSPS) is 13.1. The molecule has 0 aliphatic rings. The molecule has 1 atom stereocenters. The van der Waals surface area contributed by atoms with Crippen molar-refractivity contribution >= 4 is 31.7 Å². The first kappa shape index (κ1) is 35.0. The van der Waals surface area contributed by atoms with Gasteiger partial charge in [0.2, 0.25) is 0 Å². The molecule has 0 bridgehead atoms. The van der Waals surface area contributed by atoms with Gasteiger partial charge in [-0.25, -0.2) is 9.36 Å². The minimum atomic E-state index is -5.19. The molecule has 4 N–H and O–H groups in total. The van der Waals surface area contributed by atoms with Crippen LogP contribution in [-0.2, 0) is 37.5 Å². The number of carboxylic acids is 3. The van der Waals surface area contributed by atoms with Gasteiger partial charge in [0.1, 0.15) is 6.61 Å². The zero-order chi connectivity index (χ0) is 28.2. The summed E-state index contributed by atoms with van der Waals surface area (Å²) in [5, 5.41) is 27.0. The van der Waals surface area contributed by atoms with E-state index in [0.717, 1.165) is 19.3 Å². The number of esters is 1. The second kappa shape index (κ2) is 20.0. The molecular formula is C24H43O12P. The number of phosphoric ester groups is 1. The van der Waals surface area contributed by atoms with Crippen molar-refractivity contribution in [3.63, 3.8) is 0 Å². The molecule has 0 saturated carbocycles. The Kier molecular flexibility index (Phi) is 18.9. The van der Waals surface area contributed by atoms with Crippen molar-refractivity contribution in [2.45, 2.75) is 115 Å². The van der Waals surface area contributed by atoms with E-state index in [1.54, 1.807) is 0 Å². The number of carbonyl (C=O) groups excluding carboxylic acids is 1. The molecule has 0 rings (SSSR count). The summed E-state index contributed by atoms with van der Waals surface area (Å²) in [6.45, 7) is 1.14. The number of phosphoric acid groups is 1. The molecule has 37 heavy (non-hydrogen) atoms. The van der Waals surface area contributed by atoms with Crippen molar-refractivity contribution in [2.75, 3.05) is 13.2 Å². The molecule has 0 radical (unpaired) electrons. The van der Waals surface area contributed by atoms with Crippen LogP contribution in [0.4, 0.5) is 0 Å². The highest BCUT2D eigenvalue weighted by atomic mass is 31.2. The third-order valence-electron chi connectivity index (χ3n) is 5.64. The lowest BCUT2D eigenvalue weighted by molar-refractivity contribution is -0.169. The summed E-state index contributed by atoms with van der Waals surface area (Å²) in [6, 6.07) is 0. The van der Waals surface area contributed by atoms with Crippen LogP contribution in [0.15, 0.2) is 0 Å². The molecule has 13 heteroatoms. The Morgan fingerprint density at radius 2 is 1.14 bits per heavy atom. The highest BCUT2D eigenvalue weighted by molar-refractivity contribution is 7.47. The lowest BCUT2D eigenvalue weighted by Crippen LogP contribution is -2.45. The molecule has 0 aromatic rings. The predicted molar refractivity (Wildman–Crippen MR) is 133 cm³/mol. The SMILES string of the molecule is CCCCCCCCCCCCCCCC(=O)OCCOP(=O)(O)OC(CC(=O)O)(CC(=O)O)C(=O)O. The fourth-order valence-electron chi connectivity index (χ4n) is 3.72. The molecule has 0 aliphatic heterocycles. The van der Waals surface area contributed by atoms with Crippen molar-refractivity contribution in [3.8, 4) is 0 Å². The van der Waals surface area contributed by atoms with E-state index in [9.17, 15) is 33.7 Å². The number of aliphatic carboxylic acids is 3. The Bertz CT molecular complexity index is 723. The van der Waals surface area contributed by atoms with E-state index in [4.69, 9.17) is 14.9 Å². The van der Waals surface area contributed by atoms with Crippen molar-refractivity contribution in [3.05, 3.63) is 0 Å². The molecule has 0 fully saturated rings. The number of rotatable bonds is 25. The Balaban J connectivity index is 4.06. The first-order chi connectivity index (χ1) is 17.4. The quantitative estimate of drug-likeness (QED) is 0.0677. The van der Waals surface area contributed by atoms with Crippen molar-refractivity contribution in [1.82, 2.24) is 0 Å². The maximum absolute atomic E-state index is 12.1. The topological polar surface area (TPSA) is 194 Å². The first-order valence-electron chi connectivity index (χ1n) is 12.9. The fourth-order valence-corrected chi connectivity index (χ4v) is 4.73. The van der Waals surface area contributed by atoms with Crippen LogP contribution in [0, 0.1) is 0 Å². The molecule has 0 aliphatic carbocycles. The van der Waals surface area contributed by atoms with Gasteiger partial charge in [-0.1, -0.05) is 84.0 Å². The first-order valence-corrected chi connectivity index (χ1v) is 14.4. The van der Waals surface area contributed by atoms with Gasteiger partial charge < -0.3 is 24.9 Å². The van der Waals surface area contributed by atoms with Crippen LogP contribution in [0.25, 0.3) is 0 Å². The Morgan fingerprint density at radius 1 is 0.703 bits per heavy atom. The summed E-state index contributed by atoms with van der Waals surface area (Å²) in [5.41, 5.74) is -3.02. The summed E-state index contributed by atoms with van der Waals surface area (Å²) >= 11 is 0. The van der Waals surface area contributed by atoms with Crippen molar-refractivity contribution in [1.29, 1.82) is 0 Å². The fraction of sp³-hybridized carbons (Fsp3) is 0.833. The molecule has 12 nitrogen and oxygen atoms in total. The minimum Gasteiger partial charge on any atom is -0.481 e. The summed E-state index contributed by atoms with van der Waals surface area (Å²) in [5.74, 6) is -6.10. The van der Waals surface area contributed by atoms with Gasteiger partial charge in [-0.2, -0.15) is 0 Å². The second-order valence-corrected chi connectivity index (χ2v) is 10.4. The highest BCUT2D eigenvalue weighted by Gasteiger charge is 2.50. The van der Waals surface area contributed by atoms with Crippen LogP contribution in [0.1, 0.15) is 110 Å². The maximum Gasteiger partial charge on any atom is 0.473 e. The molecule has 0 amide bonds. The molecule has 0 aromatic heterocycles. The average molecular weight is 555 g/mol. The van der Waals surface area contributed by atoms with Crippen molar-refractivity contribution in [2.24, 2.45) is 0 Å². The Morgan fingerprint density at radius 3 is 1.54 bits per heavy atom. The Labute approximate surface area is 218 Å². The molecule has 216 valence electrons. The lowest BCUT2D eigenvalue weighted by atomic mass is 9.96. The van der Waals surface area contributed by atoms with E-state index in [1.165, 1.54) is 57.8 Å². The largest absolute Gasteiger partial charge is 0.481 e. The van der Waals surface area contributed by atoms with E-state index < -0.39 is 63.4 Å². The van der Waals surface area contributed by atoms with E-state index in [-0.39, 0.29) is 6.42 Å². The zero-order valence-corrected chi connectivity index (χ0v) is 22.6. The number of hydrogen-bond donors (Lipinski definition) is 4. The number of hydrogen-bond acceptors (Lipinski definition) is 8. The molecular weight excluding hydrogens is 511 g/mol. The van der Waals surface area contributed by atoms with E-state index >= 15 is 0 Å². The number of unbranched alkanes of at least 4 members (excludes halogenated alkanes) is 12. The van der Waals surface area contributed by atoms with Gasteiger partial charge in [-0.15, -0.1) is 0 Å². The van der Waals surface area contributed by atoms with Crippen LogP contribution in [-0.4, -0.2) is 62.9 Å². The van der Waals surface area contributed by atoms with Crippen LogP contribution >= 0.6 is 7.82 Å². The monoisotopic (exact) mass is 554 g/mol. The van der Waals surface area contributed by atoms with E-state index in [2.05, 4.69) is 16.0 Å². The third-order valence-corrected chi connectivity index (χ3v) is 6.73. The van der Waals surface area contributed by atoms with Gasteiger partial charge in [0.15, 0.2) is 5.60 Å². The Hall–Kier alpha value is -2.01. The summed E-state index contributed by atoms with van der Waals surface area (Å²) in [7, 11) is -5.19. The van der Waals surface area contributed by atoms with Crippen molar-refractivity contribution < 1.29 is 57.7 Å². The third kappa shape index (κ3) is 18.8. The second-order valence-electron chi connectivity index (χ2n) is 9.05. The van der Waals surface area contributed by atoms with Gasteiger partial charge in [0.05, 0.1) is 19.4 Å². The van der Waals surface area contributed by atoms with Crippen LogP contribution in [0.2, 0.25) is 0 Å². The predicted octanol–water partition coefficient (Wildman–Crippen LogP) is 4.92. The average Bonchev–Trinajstić information content (AvgIpc) is 2.78. The molecule has 0 saturated heterocycles. The van der Waals surface area contributed by atoms with E-state index in [0.29, 0.717) is 6.42 Å². The van der Waals surface area contributed by atoms with Crippen LogP contribution in [0.5, 0.6) is 0 Å². The van der Waals surface area contributed by atoms with Crippen LogP contribution < -0.4 is 0 Å². The van der Waals surface area contributed by atoms with Gasteiger partial charge in [-0.3, -0.25) is 23.4 Å². The van der Waals surface area contributed by atoms with Crippen LogP contribution in [0.3, 0.4) is 0 Å². The molecule has 1 unspecified atom stereocenters. The number of carboxylic acid groups (broad SMARTS) is 3. The number of ether oxygens (including phenoxy) is 1. The lowest BCUT2D eigenvalue weighted by Gasteiger charge is -2.27. The van der Waals surface area contributed by atoms with Gasteiger partial charge in [0, 0.05) is 6.42 Å². The number of carbonyl (C=O) groups is 4. The summed E-state index contributed by atoms with van der Waals surface area (Å²) in [6.07, 6.45) is 12.6. The van der Waals surface area contributed by atoms with E-state index in [1.807, 2.05) is 0 Å². The minimum absolute atomic E-state index is 0.171. The van der Waals surface area contributed by atoms with Gasteiger partial charge in [-0.05, 0) is 6.42 Å². The zero-order valence-electron chi connectivity index (χ0n) is 21.7. The van der Waals surface area contributed by atoms with Gasteiger partial charge >= 0.3 is 31.7 Å². The standard InChI is InChI=1S/C24H43O12P/c1-2-3-4-5-6-7-8-9-10-11-12-13-14-15-22(29)34-16-17-35-37(32,33)36-24(23(30)31,18-20(25)26)19-21(27)28/h2-19H2,1H3,(H,25,26)(H,27,28)(H,30,31)(H,32,33).